The molecule has 3 amide bonds. The van der Waals surface area contributed by atoms with Crippen molar-refractivity contribution in [1.82, 2.24) is 14.7 Å². The average molecular weight is 462 g/mol. The topological polar surface area (TPSA) is 70.2 Å². The van der Waals surface area contributed by atoms with E-state index < -0.39 is 6.04 Å². The van der Waals surface area contributed by atoms with Gasteiger partial charge in [-0.3, -0.25) is 14.4 Å². The molecular formula is C22H24ClN3O4S. The maximum Gasteiger partial charge on any atom is 0.264 e. The first-order valence-electron chi connectivity index (χ1n) is 10.3. The van der Waals surface area contributed by atoms with E-state index in [0.29, 0.717) is 54.8 Å². The fraction of sp³-hybridized carbons (Fsp3) is 0.409. The number of nitrogens with zero attached hydrogens (tertiary/aromatic N) is 3. The minimum absolute atomic E-state index is 0.0214. The molecule has 0 radical (unpaired) electrons. The number of hydrogen-bond donors (Lipinski definition) is 0. The molecule has 31 heavy (non-hydrogen) atoms. The maximum absolute atomic E-state index is 13.1. The summed E-state index contributed by atoms with van der Waals surface area (Å²) in [5.41, 5.74) is 0. The van der Waals surface area contributed by atoms with Gasteiger partial charge in [-0.25, -0.2) is 0 Å². The monoisotopic (exact) mass is 461 g/mol. The van der Waals surface area contributed by atoms with Crippen molar-refractivity contribution in [2.45, 2.75) is 18.9 Å². The molecule has 3 heterocycles. The zero-order valence-corrected chi connectivity index (χ0v) is 18.6. The van der Waals surface area contributed by atoms with Crippen molar-refractivity contribution in [2.75, 3.05) is 39.3 Å². The van der Waals surface area contributed by atoms with E-state index in [1.165, 1.54) is 11.3 Å². The smallest absolute Gasteiger partial charge is 0.264 e. The van der Waals surface area contributed by atoms with E-state index in [9.17, 15) is 14.4 Å². The molecule has 2 aliphatic rings. The number of rotatable bonds is 5. The summed E-state index contributed by atoms with van der Waals surface area (Å²) in [6, 6.07) is 10.1. The summed E-state index contributed by atoms with van der Waals surface area (Å²) < 4.78 is 5.53. The number of carbonyl (C=O) groups is 3. The third kappa shape index (κ3) is 5.02. The molecule has 1 aromatic heterocycles. The molecule has 1 aromatic carbocycles. The number of carbonyl (C=O) groups excluding carboxylic acids is 3. The third-order valence-electron chi connectivity index (χ3n) is 5.65. The first-order valence-corrected chi connectivity index (χ1v) is 11.6. The van der Waals surface area contributed by atoms with Gasteiger partial charge in [-0.2, -0.15) is 0 Å². The minimum atomic E-state index is -0.412. The summed E-state index contributed by atoms with van der Waals surface area (Å²) in [5, 5.41) is 2.48. The maximum atomic E-state index is 13.1. The lowest BCUT2D eigenvalue weighted by atomic mass is 10.1. The van der Waals surface area contributed by atoms with Gasteiger partial charge in [-0.15, -0.1) is 11.3 Å². The largest absolute Gasteiger partial charge is 0.484 e. The van der Waals surface area contributed by atoms with Crippen LogP contribution in [0.2, 0.25) is 5.02 Å². The van der Waals surface area contributed by atoms with Gasteiger partial charge < -0.3 is 19.4 Å². The molecule has 4 rings (SSSR count). The third-order valence-corrected chi connectivity index (χ3v) is 6.76. The molecule has 2 aliphatic heterocycles. The van der Waals surface area contributed by atoms with Crippen LogP contribution in [0.1, 0.15) is 22.5 Å². The van der Waals surface area contributed by atoms with Gasteiger partial charge in [0.25, 0.3) is 11.8 Å². The van der Waals surface area contributed by atoms with Gasteiger partial charge in [0.15, 0.2) is 6.61 Å². The SMILES string of the molecule is O=C(COc1ccc(Cl)cc1)N1CCN(C(=O)[C@@H]2CCCN2C(=O)c2cccs2)CC1. The number of ether oxygens (including phenoxy) is 1. The molecule has 0 saturated carbocycles. The molecule has 1 atom stereocenters. The number of piperazine rings is 1. The molecule has 0 bridgehead atoms. The van der Waals surface area contributed by atoms with E-state index in [4.69, 9.17) is 16.3 Å². The van der Waals surface area contributed by atoms with Gasteiger partial charge in [0, 0.05) is 37.7 Å². The van der Waals surface area contributed by atoms with E-state index in [-0.39, 0.29) is 24.3 Å². The van der Waals surface area contributed by atoms with Crippen LogP contribution in [0.5, 0.6) is 5.75 Å². The van der Waals surface area contributed by atoms with Crippen molar-refractivity contribution in [2.24, 2.45) is 0 Å². The zero-order chi connectivity index (χ0) is 21.8. The fourth-order valence-electron chi connectivity index (χ4n) is 3.96. The highest BCUT2D eigenvalue weighted by Crippen LogP contribution is 2.24. The van der Waals surface area contributed by atoms with E-state index in [1.54, 1.807) is 45.0 Å². The Bertz CT molecular complexity index is 927. The molecule has 2 fully saturated rings. The number of halogens is 1. The summed E-state index contributed by atoms with van der Waals surface area (Å²) in [6.07, 6.45) is 1.51. The van der Waals surface area contributed by atoms with Crippen LogP contribution in [-0.4, -0.2) is 77.8 Å². The Morgan fingerprint density at radius 3 is 2.39 bits per heavy atom. The standard InChI is InChI=1S/C22H24ClN3O4S/c23-16-5-7-17(8-6-16)30-15-20(27)24-10-12-25(13-11-24)21(28)18-3-1-9-26(18)22(29)19-4-2-14-31-19/h2,4-8,14,18H,1,3,9-13,15H2/t18-/m0/s1. The van der Waals surface area contributed by atoms with Crippen LogP contribution in [0, 0.1) is 0 Å². The Labute approximate surface area is 190 Å². The van der Waals surface area contributed by atoms with Gasteiger partial charge in [0.2, 0.25) is 5.91 Å². The van der Waals surface area contributed by atoms with Crippen LogP contribution in [0.4, 0.5) is 0 Å². The lowest BCUT2D eigenvalue weighted by Crippen LogP contribution is -2.55. The van der Waals surface area contributed by atoms with Gasteiger partial charge in [-0.05, 0) is 48.6 Å². The van der Waals surface area contributed by atoms with Crippen molar-refractivity contribution in [3.05, 3.63) is 51.7 Å². The minimum Gasteiger partial charge on any atom is -0.484 e. The van der Waals surface area contributed by atoms with E-state index >= 15 is 0 Å². The number of hydrogen-bond acceptors (Lipinski definition) is 5. The second-order valence-electron chi connectivity index (χ2n) is 7.58. The molecule has 0 N–H and O–H groups in total. The highest BCUT2D eigenvalue weighted by molar-refractivity contribution is 7.12. The second-order valence-corrected chi connectivity index (χ2v) is 8.97. The normalized spacial score (nSPS) is 18.9. The Hall–Kier alpha value is -2.58. The first-order chi connectivity index (χ1) is 15.0. The van der Waals surface area contributed by atoms with Crippen LogP contribution < -0.4 is 4.74 Å². The summed E-state index contributed by atoms with van der Waals surface area (Å²) in [5.74, 6) is 0.381. The summed E-state index contributed by atoms with van der Waals surface area (Å²) in [4.78, 5) is 44.2. The van der Waals surface area contributed by atoms with E-state index in [1.807, 2.05) is 11.4 Å². The number of amides is 3. The second kappa shape index (κ2) is 9.70. The van der Waals surface area contributed by atoms with Crippen molar-refractivity contribution in [3.8, 4) is 5.75 Å². The molecule has 164 valence electrons. The first kappa shape index (κ1) is 21.6. The summed E-state index contributed by atoms with van der Waals surface area (Å²) in [7, 11) is 0. The van der Waals surface area contributed by atoms with Crippen LogP contribution in [-0.2, 0) is 9.59 Å². The van der Waals surface area contributed by atoms with Crippen LogP contribution in [0.15, 0.2) is 41.8 Å². The Kier molecular flexibility index (Phi) is 6.77. The van der Waals surface area contributed by atoms with Gasteiger partial charge >= 0.3 is 0 Å². The number of thiophene rings is 1. The fourth-order valence-corrected chi connectivity index (χ4v) is 4.77. The van der Waals surface area contributed by atoms with Crippen molar-refractivity contribution in [3.63, 3.8) is 0 Å². The van der Waals surface area contributed by atoms with Crippen LogP contribution in [0.25, 0.3) is 0 Å². The quantitative estimate of drug-likeness (QED) is 0.686. The molecule has 9 heteroatoms. The lowest BCUT2D eigenvalue weighted by molar-refractivity contribution is -0.142. The Morgan fingerprint density at radius 2 is 1.71 bits per heavy atom. The lowest BCUT2D eigenvalue weighted by Gasteiger charge is -2.37. The predicted octanol–water partition coefficient (Wildman–Crippen LogP) is 2.76. The molecule has 0 unspecified atom stereocenters. The molecule has 7 nitrogen and oxygen atoms in total. The molecular weight excluding hydrogens is 438 g/mol. The van der Waals surface area contributed by atoms with Crippen molar-refractivity contribution >= 4 is 40.7 Å². The van der Waals surface area contributed by atoms with Gasteiger partial charge in [0.05, 0.1) is 4.88 Å². The van der Waals surface area contributed by atoms with E-state index in [2.05, 4.69) is 0 Å². The zero-order valence-electron chi connectivity index (χ0n) is 17.0. The van der Waals surface area contributed by atoms with Crippen molar-refractivity contribution in [1.29, 1.82) is 0 Å². The van der Waals surface area contributed by atoms with Crippen molar-refractivity contribution < 1.29 is 19.1 Å². The number of likely N-dealkylation sites (tertiary alicyclic amines) is 1. The highest BCUT2D eigenvalue weighted by atomic mass is 35.5. The summed E-state index contributed by atoms with van der Waals surface area (Å²) in [6.45, 7) is 2.39. The number of benzene rings is 1. The summed E-state index contributed by atoms with van der Waals surface area (Å²) >= 11 is 7.25. The molecule has 0 aliphatic carbocycles. The van der Waals surface area contributed by atoms with Gasteiger partial charge in [0.1, 0.15) is 11.8 Å². The van der Waals surface area contributed by atoms with Gasteiger partial charge in [-0.1, -0.05) is 17.7 Å². The van der Waals surface area contributed by atoms with Crippen LogP contribution in [0.3, 0.4) is 0 Å². The average Bonchev–Trinajstić information content (AvgIpc) is 3.50. The van der Waals surface area contributed by atoms with Crippen LogP contribution >= 0.6 is 22.9 Å². The van der Waals surface area contributed by atoms with E-state index in [0.717, 1.165) is 6.42 Å². The Morgan fingerprint density at radius 1 is 1.00 bits per heavy atom. The molecule has 0 spiro atoms. The molecule has 2 aromatic rings. The Balaban J connectivity index is 1.27. The molecule has 2 saturated heterocycles. The highest BCUT2D eigenvalue weighted by Gasteiger charge is 2.38. The predicted molar refractivity (Wildman–Crippen MR) is 118 cm³/mol.